The van der Waals surface area contributed by atoms with Crippen LogP contribution in [-0.2, 0) is 19.6 Å². The van der Waals surface area contributed by atoms with Crippen molar-refractivity contribution >= 4 is 38.6 Å². The second-order valence-corrected chi connectivity index (χ2v) is 7.98. The van der Waals surface area contributed by atoms with Gasteiger partial charge >= 0.3 is 0 Å². The van der Waals surface area contributed by atoms with Gasteiger partial charge in [-0.2, -0.15) is 0 Å². The lowest BCUT2D eigenvalue weighted by Gasteiger charge is -2.15. The van der Waals surface area contributed by atoms with Gasteiger partial charge in [-0.15, -0.1) is 22.7 Å². The highest BCUT2D eigenvalue weighted by molar-refractivity contribution is 9.10. The molecule has 2 aromatic rings. The van der Waals surface area contributed by atoms with E-state index in [2.05, 4.69) is 57.6 Å². The number of hydrogen-bond donors (Lipinski definition) is 1. The van der Waals surface area contributed by atoms with Crippen molar-refractivity contribution < 1.29 is 0 Å². The lowest BCUT2D eigenvalue weighted by Crippen LogP contribution is -2.16. The third-order valence-corrected chi connectivity index (χ3v) is 5.69. The molecular weight excluding hydrogens is 340 g/mol. The molecule has 2 rings (SSSR count). The fraction of sp³-hybridized carbons (Fsp3) is 0.429. The fourth-order valence-electron chi connectivity index (χ4n) is 2.06. The van der Waals surface area contributed by atoms with Gasteiger partial charge in [-0.05, 0) is 54.6 Å². The zero-order chi connectivity index (χ0) is 13.8. The normalized spacial score (nSPS) is 11.4. The predicted molar refractivity (Wildman–Crippen MR) is 89.0 cm³/mol. The van der Waals surface area contributed by atoms with Crippen molar-refractivity contribution in [1.82, 2.24) is 10.2 Å². The highest BCUT2D eigenvalue weighted by atomic mass is 79.9. The molecule has 0 atom stereocenters. The Hall–Kier alpha value is -0.200. The third-order valence-electron chi connectivity index (χ3n) is 2.91. The Balaban J connectivity index is 1.96. The Morgan fingerprint density at radius 1 is 1.26 bits per heavy atom. The first-order valence-corrected chi connectivity index (χ1v) is 8.71. The van der Waals surface area contributed by atoms with Gasteiger partial charge < -0.3 is 5.32 Å². The van der Waals surface area contributed by atoms with Crippen LogP contribution in [0.15, 0.2) is 22.0 Å². The largest absolute Gasteiger partial charge is 0.315 e. The van der Waals surface area contributed by atoms with Gasteiger partial charge in [0.2, 0.25) is 0 Å². The molecule has 104 valence electrons. The van der Waals surface area contributed by atoms with E-state index in [1.807, 2.05) is 29.7 Å². The molecule has 19 heavy (non-hydrogen) atoms. The van der Waals surface area contributed by atoms with E-state index in [0.29, 0.717) is 0 Å². The smallest absolute Gasteiger partial charge is 0.0328 e. The first-order valence-electron chi connectivity index (χ1n) is 6.22. The monoisotopic (exact) mass is 358 g/mol. The maximum atomic E-state index is 3.51. The van der Waals surface area contributed by atoms with Gasteiger partial charge in [0, 0.05) is 44.1 Å². The van der Waals surface area contributed by atoms with Gasteiger partial charge in [-0.25, -0.2) is 0 Å². The maximum Gasteiger partial charge on any atom is 0.0328 e. The van der Waals surface area contributed by atoms with Crippen molar-refractivity contribution in [2.24, 2.45) is 0 Å². The van der Waals surface area contributed by atoms with Crippen LogP contribution in [0.5, 0.6) is 0 Å². The van der Waals surface area contributed by atoms with E-state index in [9.17, 15) is 0 Å². The van der Waals surface area contributed by atoms with Crippen molar-refractivity contribution in [3.8, 4) is 0 Å². The minimum absolute atomic E-state index is 0.965. The van der Waals surface area contributed by atoms with Gasteiger partial charge in [0.15, 0.2) is 0 Å². The number of nitrogens with zero attached hydrogens (tertiary/aromatic N) is 1. The number of halogens is 1. The van der Waals surface area contributed by atoms with Crippen LogP contribution in [-0.4, -0.2) is 19.0 Å². The lowest BCUT2D eigenvalue weighted by atomic mass is 10.2. The van der Waals surface area contributed by atoms with E-state index in [1.54, 1.807) is 0 Å². The molecule has 0 bridgehead atoms. The van der Waals surface area contributed by atoms with Gasteiger partial charge in [0.1, 0.15) is 0 Å². The van der Waals surface area contributed by atoms with Crippen molar-refractivity contribution in [2.75, 3.05) is 14.1 Å². The molecular formula is C14H19BrN2S2. The Bertz CT molecular complexity index is 533. The van der Waals surface area contributed by atoms with Crippen LogP contribution in [0.4, 0.5) is 0 Å². The second-order valence-electron chi connectivity index (χ2n) is 4.73. The summed E-state index contributed by atoms with van der Waals surface area (Å²) in [5, 5.41) is 5.36. The van der Waals surface area contributed by atoms with Crippen LogP contribution in [0.2, 0.25) is 0 Å². The van der Waals surface area contributed by atoms with E-state index in [1.165, 1.54) is 24.7 Å². The van der Waals surface area contributed by atoms with Crippen molar-refractivity contribution in [3.63, 3.8) is 0 Å². The van der Waals surface area contributed by atoms with Crippen molar-refractivity contribution in [1.29, 1.82) is 0 Å². The minimum Gasteiger partial charge on any atom is -0.315 e. The predicted octanol–water partition coefficient (Wildman–Crippen LogP) is 4.23. The first kappa shape index (κ1) is 15.2. The average Bonchev–Trinajstić information content (AvgIpc) is 2.87. The molecule has 2 nitrogen and oxygen atoms in total. The fourth-order valence-corrected chi connectivity index (χ4v) is 4.65. The molecule has 0 radical (unpaired) electrons. The molecule has 0 amide bonds. The molecule has 0 saturated heterocycles. The SMILES string of the molecule is CNCc1cc(CN(C)Cc2cc(Br)cs2)c(C)s1. The summed E-state index contributed by atoms with van der Waals surface area (Å²) in [6, 6.07) is 4.53. The zero-order valence-electron chi connectivity index (χ0n) is 11.5. The number of aryl methyl sites for hydroxylation is 1. The summed E-state index contributed by atoms with van der Waals surface area (Å²) in [4.78, 5) is 6.63. The maximum absolute atomic E-state index is 3.51. The lowest BCUT2D eigenvalue weighted by molar-refractivity contribution is 0.322. The molecule has 0 spiro atoms. The molecule has 2 heterocycles. The third kappa shape index (κ3) is 4.39. The molecule has 1 N–H and O–H groups in total. The summed E-state index contributed by atoms with van der Waals surface area (Å²) in [6.07, 6.45) is 0. The summed E-state index contributed by atoms with van der Waals surface area (Å²) < 4.78 is 1.18. The Labute approximate surface area is 131 Å². The van der Waals surface area contributed by atoms with Crippen LogP contribution < -0.4 is 5.32 Å². The quantitative estimate of drug-likeness (QED) is 0.830. The number of nitrogens with one attached hydrogen (secondary N) is 1. The summed E-state index contributed by atoms with van der Waals surface area (Å²) in [6.45, 7) is 5.20. The van der Waals surface area contributed by atoms with Crippen LogP contribution in [0.25, 0.3) is 0 Å². The van der Waals surface area contributed by atoms with Crippen LogP contribution in [0.1, 0.15) is 20.2 Å². The highest BCUT2D eigenvalue weighted by Gasteiger charge is 2.09. The summed E-state index contributed by atoms with van der Waals surface area (Å²) in [5.74, 6) is 0. The van der Waals surface area contributed by atoms with Gasteiger partial charge in [-0.3, -0.25) is 4.90 Å². The summed E-state index contributed by atoms with van der Waals surface area (Å²) in [7, 11) is 4.18. The molecule has 0 aliphatic heterocycles. The van der Waals surface area contributed by atoms with Crippen molar-refractivity contribution in [3.05, 3.63) is 42.2 Å². The van der Waals surface area contributed by atoms with Crippen LogP contribution in [0, 0.1) is 6.92 Å². The Morgan fingerprint density at radius 3 is 2.68 bits per heavy atom. The van der Waals surface area contributed by atoms with Crippen LogP contribution in [0.3, 0.4) is 0 Å². The summed E-state index contributed by atoms with van der Waals surface area (Å²) >= 11 is 7.22. The van der Waals surface area contributed by atoms with Gasteiger partial charge in [-0.1, -0.05) is 0 Å². The summed E-state index contributed by atoms with van der Waals surface area (Å²) in [5.41, 5.74) is 1.45. The Morgan fingerprint density at radius 2 is 2.05 bits per heavy atom. The highest BCUT2D eigenvalue weighted by Crippen LogP contribution is 2.25. The van der Waals surface area contributed by atoms with Crippen molar-refractivity contribution in [2.45, 2.75) is 26.6 Å². The van der Waals surface area contributed by atoms with E-state index < -0.39 is 0 Å². The Kier molecular flexibility index (Phi) is 5.59. The van der Waals surface area contributed by atoms with Crippen LogP contribution >= 0.6 is 38.6 Å². The molecule has 0 unspecified atom stereocenters. The number of hydrogen-bond acceptors (Lipinski definition) is 4. The van der Waals surface area contributed by atoms with E-state index in [-0.39, 0.29) is 0 Å². The number of thiophene rings is 2. The standard InChI is InChI=1S/C14H19BrN2S2/c1-10-11(4-13(19-10)6-16-2)7-17(3)8-14-5-12(15)9-18-14/h4-5,9,16H,6-8H2,1-3H3. The first-order chi connectivity index (χ1) is 9.08. The van der Waals surface area contributed by atoms with E-state index >= 15 is 0 Å². The van der Waals surface area contributed by atoms with E-state index in [4.69, 9.17) is 0 Å². The van der Waals surface area contributed by atoms with E-state index in [0.717, 1.165) is 19.6 Å². The van der Waals surface area contributed by atoms with Gasteiger partial charge in [0.05, 0.1) is 0 Å². The second kappa shape index (κ2) is 6.99. The molecule has 0 fully saturated rings. The molecule has 0 saturated carbocycles. The molecule has 0 aliphatic rings. The molecule has 0 aliphatic carbocycles. The molecule has 2 aromatic heterocycles. The zero-order valence-corrected chi connectivity index (χ0v) is 14.7. The minimum atomic E-state index is 0.965. The molecule has 0 aromatic carbocycles. The average molecular weight is 359 g/mol. The van der Waals surface area contributed by atoms with Gasteiger partial charge in [0.25, 0.3) is 0 Å². The number of rotatable bonds is 6. The topological polar surface area (TPSA) is 15.3 Å². The molecule has 5 heteroatoms.